The molecule has 1 aromatic carbocycles. The van der Waals surface area contributed by atoms with Gasteiger partial charge in [0.1, 0.15) is 5.25 Å². The third kappa shape index (κ3) is 4.02. The smallest absolute Gasteiger partial charge is 0.220 e. The Bertz CT molecular complexity index is 373. The molecule has 0 fully saturated rings. The van der Waals surface area contributed by atoms with E-state index in [1.807, 2.05) is 31.2 Å². The topological polar surface area (TPSA) is 60.2 Å². The molecule has 0 bridgehead atoms. The van der Waals surface area contributed by atoms with Crippen molar-refractivity contribution in [2.75, 3.05) is 6.54 Å². The van der Waals surface area contributed by atoms with E-state index in [0.29, 0.717) is 0 Å². The van der Waals surface area contributed by atoms with E-state index in [2.05, 4.69) is 0 Å². The Morgan fingerprint density at radius 3 is 2.44 bits per heavy atom. The molecule has 0 spiro atoms. The molecule has 0 saturated carbocycles. The molecule has 0 aromatic heterocycles. The second-order valence-electron chi connectivity index (χ2n) is 3.52. The van der Waals surface area contributed by atoms with E-state index in [4.69, 9.17) is 0 Å². The molecule has 0 radical (unpaired) electrons. The van der Waals surface area contributed by atoms with Gasteiger partial charge in [0.15, 0.2) is 5.12 Å². The van der Waals surface area contributed by atoms with Gasteiger partial charge in [0, 0.05) is 11.8 Å². The normalized spacial score (nSPS) is 12.1. The summed E-state index contributed by atoms with van der Waals surface area (Å²) in [6.45, 7) is 3.14. The van der Waals surface area contributed by atoms with Gasteiger partial charge in [0.25, 0.3) is 0 Å². The maximum absolute atomic E-state index is 11.0. The van der Waals surface area contributed by atoms with E-state index in [0.717, 1.165) is 22.9 Å². The zero-order valence-corrected chi connectivity index (χ0v) is 9.99. The summed E-state index contributed by atoms with van der Waals surface area (Å²) in [5, 5.41) is 10.0. The van der Waals surface area contributed by atoms with E-state index in [-0.39, 0.29) is 16.6 Å². The number of benzene rings is 1. The monoisotopic (exact) mass is 239 g/mol. The predicted octanol–water partition coefficient (Wildman–Crippen LogP) is 2.59. The molecule has 0 N–H and O–H groups in total. The lowest BCUT2D eigenvalue weighted by molar-refractivity contribution is -0.479. The molecule has 0 amide bonds. The fraction of sp³-hybridized carbons (Fsp3) is 0.364. The van der Waals surface area contributed by atoms with E-state index < -0.39 is 5.25 Å². The number of carbonyl (C=O) groups is 1. The van der Waals surface area contributed by atoms with E-state index in [9.17, 15) is 14.9 Å². The largest absolute Gasteiger partial charge is 0.288 e. The van der Waals surface area contributed by atoms with Gasteiger partial charge in [-0.2, -0.15) is 0 Å². The van der Waals surface area contributed by atoms with Gasteiger partial charge in [0.05, 0.1) is 0 Å². The molecule has 0 heterocycles. The van der Waals surface area contributed by atoms with Crippen molar-refractivity contribution in [3.05, 3.63) is 45.5 Å². The quantitative estimate of drug-likeness (QED) is 0.598. The van der Waals surface area contributed by atoms with E-state index in [1.54, 1.807) is 0 Å². The fourth-order valence-corrected chi connectivity index (χ4v) is 2.22. The molecule has 1 aromatic rings. The van der Waals surface area contributed by atoms with Crippen molar-refractivity contribution in [2.45, 2.75) is 19.1 Å². The van der Waals surface area contributed by atoms with Crippen LogP contribution in [0.15, 0.2) is 24.3 Å². The Morgan fingerprint density at radius 2 is 2.00 bits per heavy atom. The molecule has 0 saturated heterocycles. The summed E-state index contributed by atoms with van der Waals surface area (Å²) in [4.78, 5) is 21.1. The lowest BCUT2D eigenvalue weighted by atomic mass is 10.1. The molecular formula is C11H13NO3S. The highest BCUT2D eigenvalue weighted by molar-refractivity contribution is 8.13. The summed E-state index contributed by atoms with van der Waals surface area (Å²) in [5.41, 5.74) is 1.92. The molecule has 1 atom stereocenters. The van der Waals surface area contributed by atoms with Gasteiger partial charge in [-0.1, -0.05) is 41.6 Å². The van der Waals surface area contributed by atoms with Crippen LogP contribution >= 0.6 is 11.8 Å². The van der Waals surface area contributed by atoms with Crippen LogP contribution in [0.1, 0.15) is 23.3 Å². The van der Waals surface area contributed by atoms with Crippen LogP contribution in [-0.2, 0) is 4.79 Å². The highest BCUT2D eigenvalue weighted by Gasteiger charge is 2.20. The van der Waals surface area contributed by atoms with Gasteiger partial charge in [-0.15, -0.1) is 0 Å². The second kappa shape index (κ2) is 5.65. The van der Waals surface area contributed by atoms with Crippen LogP contribution in [0.5, 0.6) is 0 Å². The van der Waals surface area contributed by atoms with Crippen molar-refractivity contribution in [1.82, 2.24) is 0 Å². The van der Waals surface area contributed by atoms with Crippen LogP contribution in [0, 0.1) is 17.0 Å². The number of carbonyl (C=O) groups excluding carboxylic acids is 1. The van der Waals surface area contributed by atoms with E-state index in [1.165, 1.54) is 6.92 Å². The molecule has 5 heteroatoms. The first-order valence-electron chi connectivity index (χ1n) is 4.84. The average Bonchev–Trinajstić information content (AvgIpc) is 2.16. The molecule has 0 aliphatic heterocycles. The molecule has 1 unspecified atom stereocenters. The standard InChI is InChI=1S/C11H13NO3S/c1-8-3-5-10(6-4-8)11(7-12(14)15)16-9(2)13/h3-6,11H,7H2,1-2H3. The minimum atomic E-state index is -0.395. The molecule has 16 heavy (non-hydrogen) atoms. The number of nitrogens with zero attached hydrogens (tertiary/aromatic N) is 1. The highest BCUT2D eigenvalue weighted by atomic mass is 32.2. The first kappa shape index (κ1) is 12.7. The van der Waals surface area contributed by atoms with Crippen molar-refractivity contribution in [3.8, 4) is 0 Å². The second-order valence-corrected chi connectivity index (χ2v) is 4.90. The van der Waals surface area contributed by atoms with Gasteiger partial charge in [0.2, 0.25) is 6.54 Å². The van der Waals surface area contributed by atoms with Gasteiger partial charge in [-0.3, -0.25) is 14.9 Å². The zero-order chi connectivity index (χ0) is 12.1. The minimum Gasteiger partial charge on any atom is -0.288 e. The van der Waals surface area contributed by atoms with Crippen LogP contribution in [0.3, 0.4) is 0 Å². The first-order chi connectivity index (χ1) is 7.49. The van der Waals surface area contributed by atoms with Crippen molar-refractivity contribution < 1.29 is 9.72 Å². The molecule has 1 rings (SSSR count). The molecule has 0 aliphatic carbocycles. The van der Waals surface area contributed by atoms with Gasteiger partial charge < -0.3 is 0 Å². The summed E-state index contributed by atoms with van der Waals surface area (Å²) in [5.74, 6) is 0. The van der Waals surface area contributed by atoms with Gasteiger partial charge >= 0.3 is 0 Å². The maximum atomic E-state index is 11.0. The minimum absolute atomic E-state index is 0.104. The van der Waals surface area contributed by atoms with Crippen molar-refractivity contribution >= 4 is 16.9 Å². The molecule has 0 aliphatic rings. The van der Waals surface area contributed by atoms with Crippen LogP contribution in [-0.4, -0.2) is 16.6 Å². The maximum Gasteiger partial charge on any atom is 0.220 e. The van der Waals surface area contributed by atoms with Crippen molar-refractivity contribution in [2.24, 2.45) is 0 Å². The Balaban J connectivity index is 2.86. The SMILES string of the molecule is CC(=O)SC(C[N+](=O)[O-])c1ccc(C)cc1. The first-order valence-corrected chi connectivity index (χ1v) is 5.72. The Kier molecular flexibility index (Phi) is 4.49. The van der Waals surface area contributed by atoms with Gasteiger partial charge in [-0.05, 0) is 12.5 Å². The molecular weight excluding hydrogens is 226 g/mol. The van der Waals surface area contributed by atoms with E-state index >= 15 is 0 Å². The Morgan fingerprint density at radius 1 is 1.44 bits per heavy atom. The van der Waals surface area contributed by atoms with Crippen LogP contribution in [0.2, 0.25) is 0 Å². The number of nitro groups is 1. The van der Waals surface area contributed by atoms with Crippen LogP contribution < -0.4 is 0 Å². The van der Waals surface area contributed by atoms with Crippen molar-refractivity contribution in [3.63, 3.8) is 0 Å². The number of hydrogen-bond acceptors (Lipinski definition) is 4. The lowest BCUT2D eigenvalue weighted by Crippen LogP contribution is -2.11. The summed E-state index contributed by atoms with van der Waals surface area (Å²) in [7, 11) is 0. The zero-order valence-electron chi connectivity index (χ0n) is 9.17. The average molecular weight is 239 g/mol. The fourth-order valence-electron chi connectivity index (χ4n) is 1.33. The van der Waals surface area contributed by atoms with Crippen LogP contribution in [0.4, 0.5) is 0 Å². The Labute approximate surface area is 98.2 Å². The third-order valence-electron chi connectivity index (χ3n) is 2.07. The summed E-state index contributed by atoms with van der Waals surface area (Å²) < 4.78 is 0. The Hall–Kier alpha value is -1.36. The predicted molar refractivity (Wildman–Crippen MR) is 64.1 cm³/mol. The summed E-state index contributed by atoms with van der Waals surface area (Å²) in [6, 6.07) is 7.45. The lowest BCUT2D eigenvalue weighted by Gasteiger charge is -2.10. The van der Waals surface area contributed by atoms with Gasteiger partial charge in [-0.25, -0.2) is 0 Å². The highest BCUT2D eigenvalue weighted by Crippen LogP contribution is 2.29. The molecule has 86 valence electrons. The third-order valence-corrected chi connectivity index (χ3v) is 3.11. The van der Waals surface area contributed by atoms with Crippen LogP contribution in [0.25, 0.3) is 0 Å². The summed E-state index contributed by atoms with van der Waals surface area (Å²) >= 11 is 1.01. The number of thioether (sulfide) groups is 1. The summed E-state index contributed by atoms with van der Waals surface area (Å²) in [6.07, 6.45) is 0. The number of hydrogen-bond donors (Lipinski definition) is 0. The number of aryl methyl sites for hydroxylation is 1. The molecule has 4 nitrogen and oxygen atoms in total. The number of rotatable bonds is 4. The van der Waals surface area contributed by atoms with Crippen molar-refractivity contribution in [1.29, 1.82) is 0 Å².